The van der Waals surface area contributed by atoms with E-state index in [1.54, 1.807) is 0 Å². The molecule has 3 heteroatoms. The van der Waals surface area contributed by atoms with Gasteiger partial charge in [-0.2, -0.15) is 0 Å². The normalized spacial score (nSPS) is 13.6. The standard InChI is InChI=1S/C15H29NO2/c1-4-6-8-10-12-16-13(3)14(15(17)18)11-9-7-5-2/h14H,4-12H2,1-3H3,(H,17,18)/p-1. The van der Waals surface area contributed by atoms with Crippen molar-refractivity contribution in [1.82, 2.24) is 0 Å². The van der Waals surface area contributed by atoms with E-state index in [1.807, 2.05) is 6.92 Å². The Hall–Kier alpha value is -0.860. The van der Waals surface area contributed by atoms with Crippen LogP contribution in [0.15, 0.2) is 4.99 Å². The van der Waals surface area contributed by atoms with Gasteiger partial charge in [0.1, 0.15) is 0 Å². The zero-order chi connectivity index (χ0) is 13.8. The van der Waals surface area contributed by atoms with Crippen LogP contribution in [0.4, 0.5) is 0 Å². The van der Waals surface area contributed by atoms with Gasteiger partial charge in [0.05, 0.1) is 5.97 Å². The second kappa shape index (κ2) is 11.2. The van der Waals surface area contributed by atoms with E-state index in [2.05, 4.69) is 18.8 Å². The van der Waals surface area contributed by atoms with Gasteiger partial charge in [0.2, 0.25) is 0 Å². The monoisotopic (exact) mass is 254 g/mol. The topological polar surface area (TPSA) is 52.5 Å². The van der Waals surface area contributed by atoms with Crippen molar-refractivity contribution in [3.05, 3.63) is 0 Å². The van der Waals surface area contributed by atoms with Gasteiger partial charge in [0.15, 0.2) is 0 Å². The lowest BCUT2D eigenvalue weighted by Gasteiger charge is -2.17. The van der Waals surface area contributed by atoms with Crippen molar-refractivity contribution < 1.29 is 9.90 Å². The molecule has 0 amide bonds. The molecule has 0 aromatic heterocycles. The summed E-state index contributed by atoms with van der Waals surface area (Å²) in [7, 11) is 0. The number of hydrogen-bond acceptors (Lipinski definition) is 3. The lowest BCUT2D eigenvalue weighted by Crippen LogP contribution is -2.35. The molecule has 106 valence electrons. The van der Waals surface area contributed by atoms with Crippen LogP contribution in [0.2, 0.25) is 0 Å². The van der Waals surface area contributed by atoms with Gasteiger partial charge in [-0.3, -0.25) is 4.99 Å². The second-order valence-corrected chi connectivity index (χ2v) is 4.95. The first-order valence-electron chi connectivity index (χ1n) is 7.35. The molecule has 1 atom stereocenters. The van der Waals surface area contributed by atoms with Crippen molar-refractivity contribution in [2.24, 2.45) is 10.9 Å². The first-order valence-corrected chi connectivity index (χ1v) is 7.35. The Morgan fingerprint density at radius 1 is 1.06 bits per heavy atom. The predicted molar refractivity (Wildman–Crippen MR) is 74.8 cm³/mol. The van der Waals surface area contributed by atoms with Crippen LogP contribution in [-0.2, 0) is 4.79 Å². The van der Waals surface area contributed by atoms with Gasteiger partial charge in [0.25, 0.3) is 0 Å². The fourth-order valence-electron chi connectivity index (χ4n) is 2.00. The highest BCUT2D eigenvalue weighted by Gasteiger charge is 2.12. The van der Waals surface area contributed by atoms with Crippen LogP contribution in [0.25, 0.3) is 0 Å². The molecule has 3 nitrogen and oxygen atoms in total. The number of carbonyl (C=O) groups excluding carboxylic acids is 1. The number of aliphatic imine (C=N–C) groups is 1. The molecule has 18 heavy (non-hydrogen) atoms. The van der Waals surface area contributed by atoms with Gasteiger partial charge in [-0.25, -0.2) is 0 Å². The third kappa shape index (κ3) is 8.26. The predicted octanol–water partition coefficient (Wildman–Crippen LogP) is 2.97. The van der Waals surface area contributed by atoms with Crippen LogP contribution in [0.1, 0.15) is 72.1 Å². The Labute approximate surface area is 112 Å². The Bertz CT molecular complexity index is 249. The molecule has 0 saturated carbocycles. The summed E-state index contributed by atoms with van der Waals surface area (Å²) in [5.74, 6) is -1.45. The van der Waals surface area contributed by atoms with Crippen molar-refractivity contribution >= 4 is 11.7 Å². The molecule has 0 fully saturated rings. The molecule has 0 aromatic rings. The summed E-state index contributed by atoms with van der Waals surface area (Å²) in [4.78, 5) is 15.5. The largest absolute Gasteiger partial charge is 0.549 e. The summed E-state index contributed by atoms with van der Waals surface area (Å²) in [6.07, 6.45) is 8.47. The summed E-state index contributed by atoms with van der Waals surface area (Å²) in [5, 5.41) is 11.1. The minimum absolute atomic E-state index is 0.484. The maximum Gasteiger partial charge on any atom is 0.0501 e. The van der Waals surface area contributed by atoms with E-state index in [9.17, 15) is 9.90 Å². The average Bonchev–Trinajstić information content (AvgIpc) is 2.33. The number of unbranched alkanes of at least 4 members (excludes halogenated alkanes) is 5. The van der Waals surface area contributed by atoms with Gasteiger partial charge in [-0.05, 0) is 19.8 Å². The third-order valence-electron chi connectivity index (χ3n) is 3.26. The molecular weight excluding hydrogens is 226 g/mol. The lowest BCUT2D eigenvalue weighted by molar-refractivity contribution is -0.309. The zero-order valence-electron chi connectivity index (χ0n) is 12.2. The molecular formula is C15H28NO2-. The van der Waals surface area contributed by atoms with Crippen molar-refractivity contribution in [1.29, 1.82) is 0 Å². The number of aliphatic carboxylic acids is 1. The summed E-state index contributed by atoms with van der Waals surface area (Å²) in [5.41, 5.74) is 0.739. The third-order valence-corrected chi connectivity index (χ3v) is 3.26. The minimum atomic E-state index is -0.971. The number of nitrogens with zero attached hydrogens (tertiary/aromatic N) is 1. The fourth-order valence-corrected chi connectivity index (χ4v) is 2.00. The van der Waals surface area contributed by atoms with Crippen LogP contribution < -0.4 is 5.11 Å². The van der Waals surface area contributed by atoms with Crippen LogP contribution in [0.3, 0.4) is 0 Å². The van der Waals surface area contributed by atoms with Gasteiger partial charge in [0, 0.05) is 18.2 Å². The van der Waals surface area contributed by atoms with Crippen molar-refractivity contribution in [3.63, 3.8) is 0 Å². The summed E-state index contributed by atoms with van der Waals surface area (Å²) in [6.45, 7) is 6.87. The first-order chi connectivity index (χ1) is 8.63. The van der Waals surface area contributed by atoms with Crippen LogP contribution in [0.5, 0.6) is 0 Å². The SMILES string of the molecule is CCCCCCN=C(C)C(CCCCC)C(=O)[O-]. The van der Waals surface area contributed by atoms with Gasteiger partial charge >= 0.3 is 0 Å². The Balaban J connectivity index is 4.07. The summed E-state index contributed by atoms with van der Waals surface area (Å²) >= 11 is 0. The number of rotatable bonds is 11. The molecule has 0 aliphatic heterocycles. The molecule has 0 rings (SSSR count). The average molecular weight is 254 g/mol. The van der Waals surface area contributed by atoms with E-state index >= 15 is 0 Å². The smallest absolute Gasteiger partial charge is 0.0501 e. The molecule has 0 radical (unpaired) electrons. The number of carbonyl (C=O) groups is 1. The number of hydrogen-bond donors (Lipinski definition) is 0. The molecule has 0 aliphatic rings. The molecule has 0 aromatic carbocycles. The van der Waals surface area contributed by atoms with E-state index in [1.165, 1.54) is 19.3 Å². The molecule has 0 spiro atoms. The fraction of sp³-hybridized carbons (Fsp3) is 0.867. The number of carboxylic acids is 1. The van der Waals surface area contributed by atoms with Gasteiger partial charge < -0.3 is 9.90 Å². The van der Waals surface area contributed by atoms with Crippen molar-refractivity contribution in [2.75, 3.05) is 6.54 Å². The van der Waals surface area contributed by atoms with Crippen LogP contribution >= 0.6 is 0 Å². The highest BCUT2D eigenvalue weighted by atomic mass is 16.4. The Morgan fingerprint density at radius 2 is 1.67 bits per heavy atom. The quantitative estimate of drug-likeness (QED) is 0.420. The number of carboxylic acid groups (broad SMARTS) is 1. The van der Waals surface area contributed by atoms with E-state index < -0.39 is 11.9 Å². The van der Waals surface area contributed by atoms with Gasteiger partial charge in [-0.15, -0.1) is 0 Å². The van der Waals surface area contributed by atoms with Crippen LogP contribution in [-0.4, -0.2) is 18.2 Å². The minimum Gasteiger partial charge on any atom is -0.549 e. The van der Waals surface area contributed by atoms with E-state index in [4.69, 9.17) is 0 Å². The van der Waals surface area contributed by atoms with E-state index in [0.29, 0.717) is 6.42 Å². The maximum atomic E-state index is 11.1. The molecule has 0 aliphatic carbocycles. The zero-order valence-corrected chi connectivity index (χ0v) is 12.2. The Kier molecular flexibility index (Phi) is 10.7. The first kappa shape index (κ1) is 17.1. The van der Waals surface area contributed by atoms with E-state index in [0.717, 1.165) is 37.9 Å². The van der Waals surface area contributed by atoms with Crippen molar-refractivity contribution in [2.45, 2.75) is 72.1 Å². The highest BCUT2D eigenvalue weighted by Crippen LogP contribution is 2.12. The Morgan fingerprint density at radius 3 is 2.22 bits per heavy atom. The molecule has 0 saturated heterocycles. The molecule has 0 N–H and O–H groups in total. The summed E-state index contributed by atoms with van der Waals surface area (Å²) in [6, 6.07) is 0. The van der Waals surface area contributed by atoms with Gasteiger partial charge in [-0.1, -0.05) is 52.4 Å². The molecule has 0 heterocycles. The van der Waals surface area contributed by atoms with E-state index in [-0.39, 0.29) is 0 Å². The summed E-state index contributed by atoms with van der Waals surface area (Å²) < 4.78 is 0. The second-order valence-electron chi connectivity index (χ2n) is 4.95. The molecule has 0 bridgehead atoms. The lowest BCUT2D eigenvalue weighted by atomic mass is 9.97. The maximum absolute atomic E-state index is 11.1. The van der Waals surface area contributed by atoms with Crippen molar-refractivity contribution in [3.8, 4) is 0 Å². The highest BCUT2D eigenvalue weighted by molar-refractivity contribution is 5.99. The van der Waals surface area contributed by atoms with Crippen LogP contribution in [0, 0.1) is 5.92 Å². The molecule has 1 unspecified atom stereocenters.